The Balaban J connectivity index is 1.50. The molecule has 0 radical (unpaired) electrons. The second kappa shape index (κ2) is 6.69. The molecule has 0 saturated heterocycles. The Bertz CT molecular complexity index is 1150. The number of aromatic nitrogens is 2. The van der Waals surface area contributed by atoms with E-state index in [1.165, 1.54) is 0 Å². The van der Waals surface area contributed by atoms with E-state index in [1.54, 1.807) is 24.3 Å². The number of pyridine rings is 1. The number of amides is 1. The molecule has 2 aromatic heterocycles. The summed E-state index contributed by atoms with van der Waals surface area (Å²) in [6, 6.07) is 19.2. The molecule has 2 aromatic carbocycles. The van der Waals surface area contributed by atoms with Crippen LogP contribution in [0.25, 0.3) is 21.8 Å². The quantitative estimate of drug-likeness (QED) is 0.585. The molecule has 2 heterocycles. The minimum atomic E-state index is -0.131. The molecule has 0 atom stereocenters. The van der Waals surface area contributed by atoms with Gasteiger partial charge in [0.1, 0.15) is 6.07 Å². The second-order valence-corrected chi connectivity index (χ2v) is 6.10. The number of para-hydroxylation sites is 2. The lowest BCUT2D eigenvalue weighted by Gasteiger charge is -2.06. The maximum Gasteiger partial charge on any atom is 0.224 e. The second-order valence-electron chi connectivity index (χ2n) is 6.10. The number of benzene rings is 2. The van der Waals surface area contributed by atoms with E-state index in [2.05, 4.69) is 27.4 Å². The molecule has 2 N–H and O–H groups in total. The largest absolute Gasteiger partial charge is 0.353 e. The molecule has 0 bridgehead atoms. The fourth-order valence-electron chi connectivity index (χ4n) is 3.07. The topological polar surface area (TPSA) is 81.6 Å². The van der Waals surface area contributed by atoms with E-state index in [0.717, 1.165) is 27.5 Å². The van der Waals surface area contributed by atoms with Gasteiger partial charge in [-0.05, 0) is 30.7 Å². The SMILES string of the molecule is N#Cc1ccccc1NC(=O)CCc1cc2c(cn1)[nH]c1ccccc12. The number of carbonyl (C=O) groups excluding carboxylic acids is 1. The summed E-state index contributed by atoms with van der Waals surface area (Å²) in [4.78, 5) is 20.0. The van der Waals surface area contributed by atoms with Crippen molar-refractivity contribution in [2.75, 3.05) is 5.32 Å². The average Bonchev–Trinajstić information content (AvgIpc) is 3.05. The predicted molar refractivity (Wildman–Crippen MR) is 102 cm³/mol. The number of nitrogens with one attached hydrogen (secondary N) is 2. The third-order valence-electron chi connectivity index (χ3n) is 4.38. The summed E-state index contributed by atoms with van der Waals surface area (Å²) in [5.74, 6) is -0.131. The van der Waals surface area contributed by atoms with Crippen molar-refractivity contribution < 1.29 is 4.79 Å². The molecule has 0 fully saturated rings. The van der Waals surface area contributed by atoms with Gasteiger partial charge in [0.05, 0.1) is 23.0 Å². The van der Waals surface area contributed by atoms with Gasteiger partial charge in [-0.3, -0.25) is 9.78 Å². The highest BCUT2D eigenvalue weighted by atomic mass is 16.1. The van der Waals surface area contributed by atoms with Crippen molar-refractivity contribution in [2.24, 2.45) is 0 Å². The summed E-state index contributed by atoms with van der Waals surface area (Å²) >= 11 is 0. The van der Waals surface area contributed by atoms with Gasteiger partial charge in [-0.1, -0.05) is 30.3 Å². The molecule has 4 rings (SSSR count). The number of fused-ring (bicyclic) bond motifs is 3. The van der Waals surface area contributed by atoms with Crippen molar-refractivity contribution in [3.63, 3.8) is 0 Å². The Labute approximate surface area is 150 Å². The van der Waals surface area contributed by atoms with Crippen LogP contribution in [0.4, 0.5) is 5.69 Å². The van der Waals surface area contributed by atoms with Gasteiger partial charge >= 0.3 is 0 Å². The zero-order chi connectivity index (χ0) is 17.9. The Hall–Kier alpha value is -3.65. The Kier molecular flexibility index (Phi) is 4.08. The normalized spacial score (nSPS) is 10.7. The van der Waals surface area contributed by atoms with Crippen molar-refractivity contribution in [2.45, 2.75) is 12.8 Å². The average molecular weight is 340 g/mol. The van der Waals surface area contributed by atoms with E-state index in [0.29, 0.717) is 24.1 Å². The number of H-pyrrole nitrogens is 1. The molecule has 4 aromatic rings. The van der Waals surface area contributed by atoms with Gasteiger partial charge in [0.25, 0.3) is 0 Å². The molecule has 0 aliphatic rings. The molecule has 0 aliphatic carbocycles. The molecule has 26 heavy (non-hydrogen) atoms. The molecule has 0 spiro atoms. The van der Waals surface area contributed by atoms with Crippen LogP contribution in [0.1, 0.15) is 17.7 Å². The highest BCUT2D eigenvalue weighted by molar-refractivity contribution is 6.07. The molecule has 0 aliphatic heterocycles. The van der Waals surface area contributed by atoms with Gasteiger partial charge in [-0.25, -0.2) is 0 Å². The van der Waals surface area contributed by atoms with Gasteiger partial charge in [0.15, 0.2) is 0 Å². The van der Waals surface area contributed by atoms with Gasteiger partial charge in [-0.2, -0.15) is 5.26 Å². The zero-order valence-corrected chi connectivity index (χ0v) is 14.0. The number of hydrogen-bond donors (Lipinski definition) is 2. The van der Waals surface area contributed by atoms with Crippen LogP contribution in [0.2, 0.25) is 0 Å². The molecule has 5 heteroatoms. The van der Waals surface area contributed by atoms with Crippen LogP contribution in [0.3, 0.4) is 0 Å². The first-order valence-electron chi connectivity index (χ1n) is 8.39. The highest BCUT2D eigenvalue weighted by Crippen LogP contribution is 2.25. The fraction of sp³-hybridized carbons (Fsp3) is 0.0952. The van der Waals surface area contributed by atoms with Crippen LogP contribution < -0.4 is 5.32 Å². The first-order valence-corrected chi connectivity index (χ1v) is 8.39. The third kappa shape index (κ3) is 3.01. The molecule has 0 saturated carbocycles. The predicted octanol–water partition coefficient (Wildman–Crippen LogP) is 4.16. The molecular formula is C21H16N4O. The summed E-state index contributed by atoms with van der Waals surface area (Å²) in [5, 5.41) is 14.2. The van der Waals surface area contributed by atoms with Gasteiger partial charge in [-0.15, -0.1) is 0 Å². The minimum absolute atomic E-state index is 0.131. The summed E-state index contributed by atoms with van der Waals surface area (Å²) in [7, 11) is 0. The molecule has 5 nitrogen and oxygen atoms in total. The lowest BCUT2D eigenvalue weighted by atomic mass is 10.1. The zero-order valence-electron chi connectivity index (χ0n) is 14.0. The van der Waals surface area contributed by atoms with Crippen molar-refractivity contribution >= 4 is 33.4 Å². The molecule has 0 unspecified atom stereocenters. The Morgan fingerprint density at radius 3 is 2.77 bits per heavy atom. The van der Waals surface area contributed by atoms with Gasteiger partial charge in [0.2, 0.25) is 5.91 Å². The van der Waals surface area contributed by atoms with Crippen molar-refractivity contribution in [3.05, 3.63) is 72.1 Å². The third-order valence-corrected chi connectivity index (χ3v) is 4.38. The number of hydrogen-bond acceptors (Lipinski definition) is 3. The number of aryl methyl sites for hydroxylation is 1. The number of anilines is 1. The van der Waals surface area contributed by atoms with Crippen LogP contribution >= 0.6 is 0 Å². The van der Waals surface area contributed by atoms with E-state index in [1.807, 2.05) is 30.5 Å². The highest BCUT2D eigenvalue weighted by Gasteiger charge is 2.09. The molecule has 126 valence electrons. The van der Waals surface area contributed by atoms with Gasteiger partial charge in [0, 0.05) is 28.4 Å². The molecular weight excluding hydrogens is 324 g/mol. The van der Waals surface area contributed by atoms with E-state index >= 15 is 0 Å². The number of rotatable bonds is 4. The van der Waals surface area contributed by atoms with Gasteiger partial charge < -0.3 is 10.3 Å². The fourth-order valence-corrected chi connectivity index (χ4v) is 3.07. The van der Waals surface area contributed by atoms with Crippen LogP contribution in [0, 0.1) is 11.3 Å². The van der Waals surface area contributed by atoms with Crippen LogP contribution in [0.15, 0.2) is 60.8 Å². The number of aromatic amines is 1. The number of carbonyl (C=O) groups is 1. The number of nitrogens with zero attached hydrogens (tertiary/aromatic N) is 2. The van der Waals surface area contributed by atoms with Crippen molar-refractivity contribution in [1.82, 2.24) is 9.97 Å². The number of nitriles is 1. The van der Waals surface area contributed by atoms with Crippen molar-refractivity contribution in [3.8, 4) is 6.07 Å². The van der Waals surface area contributed by atoms with E-state index in [-0.39, 0.29) is 5.91 Å². The van der Waals surface area contributed by atoms with E-state index in [4.69, 9.17) is 5.26 Å². The Morgan fingerprint density at radius 1 is 1.08 bits per heavy atom. The Morgan fingerprint density at radius 2 is 1.88 bits per heavy atom. The summed E-state index contributed by atoms with van der Waals surface area (Å²) in [6.45, 7) is 0. The van der Waals surface area contributed by atoms with Crippen LogP contribution in [0.5, 0.6) is 0 Å². The lowest BCUT2D eigenvalue weighted by Crippen LogP contribution is -2.13. The van der Waals surface area contributed by atoms with Crippen molar-refractivity contribution in [1.29, 1.82) is 5.26 Å². The van der Waals surface area contributed by atoms with E-state index in [9.17, 15) is 4.79 Å². The maximum atomic E-state index is 12.2. The summed E-state index contributed by atoms with van der Waals surface area (Å²) in [5.41, 5.74) is 3.93. The van der Waals surface area contributed by atoms with Crippen LogP contribution in [-0.2, 0) is 11.2 Å². The maximum absolute atomic E-state index is 12.2. The standard InChI is InChI=1S/C21H16N4O/c22-12-14-5-1-3-7-18(14)25-21(26)10-9-15-11-17-16-6-2-4-8-19(16)24-20(17)13-23-15/h1-8,11,13,24H,9-10H2,(H,25,26). The summed E-state index contributed by atoms with van der Waals surface area (Å²) < 4.78 is 0. The summed E-state index contributed by atoms with van der Waals surface area (Å²) in [6.07, 6.45) is 2.66. The minimum Gasteiger partial charge on any atom is -0.353 e. The van der Waals surface area contributed by atoms with Crippen LogP contribution in [-0.4, -0.2) is 15.9 Å². The van der Waals surface area contributed by atoms with E-state index < -0.39 is 0 Å². The molecule has 1 amide bonds. The lowest BCUT2D eigenvalue weighted by molar-refractivity contribution is -0.116. The first kappa shape index (κ1) is 15.9. The smallest absolute Gasteiger partial charge is 0.224 e. The monoisotopic (exact) mass is 340 g/mol. The first-order chi connectivity index (χ1) is 12.7.